The highest BCUT2D eigenvalue weighted by Crippen LogP contribution is 2.28. The fourth-order valence-corrected chi connectivity index (χ4v) is 4.72. The number of nitrogens with one attached hydrogen (secondary N) is 1. The molecule has 202 valence electrons. The molecule has 3 aromatic carbocycles. The third-order valence-corrected chi connectivity index (χ3v) is 7.18. The smallest absolute Gasteiger partial charge is 0.335 e. The first-order valence-electron chi connectivity index (χ1n) is 12.4. The molecule has 1 unspecified atom stereocenters. The van der Waals surface area contributed by atoms with Crippen LogP contribution in [0.15, 0.2) is 71.6 Å². The van der Waals surface area contributed by atoms with Gasteiger partial charge in [0.1, 0.15) is 0 Å². The van der Waals surface area contributed by atoms with E-state index >= 15 is 0 Å². The second kappa shape index (κ2) is 13.3. The van der Waals surface area contributed by atoms with E-state index in [1.807, 2.05) is 36.5 Å². The molecule has 0 aliphatic carbocycles. The first-order chi connectivity index (χ1) is 18.0. The van der Waals surface area contributed by atoms with Gasteiger partial charge in [0.05, 0.1) is 36.1 Å². The van der Waals surface area contributed by atoms with Crippen LogP contribution in [0.5, 0.6) is 0 Å². The van der Waals surface area contributed by atoms with Crippen LogP contribution in [0.1, 0.15) is 46.0 Å². The standard InChI is InChI=1S/C28H33N3O6S/c1-19-17-24(38(29,36)37)9-10-25(19)22-3-2-4-23(18-22)26(32)12-14-30-15-13-27(33)31-16-11-20-5-7-21(8-6-20)28(34)35/h2-10,17-18,26,30,32H,11-16H2,1H3,(H,31,33)(H,34,35)(H2,29,36,37)/p+1. The molecular formula is C28H34N3O6S+. The molecule has 0 aliphatic heterocycles. The number of carbonyl (C=O) groups is 2. The van der Waals surface area contributed by atoms with E-state index in [9.17, 15) is 23.1 Å². The second-order valence-corrected chi connectivity index (χ2v) is 10.7. The number of carboxylic acid groups (broad SMARTS) is 1. The summed E-state index contributed by atoms with van der Waals surface area (Å²) in [6.07, 6.45) is 0.825. The SMILES string of the molecule is Cc1cc(S(N)(=O)=O)ccc1-c1cccc(C(O)CC[NH2+]CCC(=O)NCCc2ccc(C(=O)O)cc2)c1. The summed E-state index contributed by atoms with van der Waals surface area (Å²) in [6, 6.07) is 18.8. The Morgan fingerprint density at radius 2 is 1.76 bits per heavy atom. The van der Waals surface area contributed by atoms with Gasteiger partial charge in [-0.05, 0) is 71.5 Å². The Morgan fingerprint density at radius 1 is 1.03 bits per heavy atom. The number of aryl methyl sites for hydroxylation is 1. The fourth-order valence-electron chi connectivity index (χ4n) is 4.12. The Morgan fingerprint density at radius 3 is 2.42 bits per heavy atom. The van der Waals surface area contributed by atoms with Crippen LogP contribution < -0.4 is 15.8 Å². The van der Waals surface area contributed by atoms with Gasteiger partial charge >= 0.3 is 5.97 Å². The number of carbonyl (C=O) groups excluding carboxylic acids is 1. The van der Waals surface area contributed by atoms with E-state index in [1.54, 1.807) is 30.3 Å². The molecule has 7 N–H and O–H groups in total. The molecule has 38 heavy (non-hydrogen) atoms. The summed E-state index contributed by atoms with van der Waals surface area (Å²) in [5, 5.41) is 29.7. The van der Waals surface area contributed by atoms with Crippen molar-refractivity contribution in [3.05, 3.63) is 89.0 Å². The summed E-state index contributed by atoms with van der Waals surface area (Å²) in [4.78, 5) is 23.0. The van der Waals surface area contributed by atoms with E-state index in [4.69, 9.17) is 10.2 Å². The van der Waals surface area contributed by atoms with Crippen LogP contribution >= 0.6 is 0 Å². The number of quaternary nitrogens is 1. The minimum atomic E-state index is -3.77. The van der Waals surface area contributed by atoms with Crippen molar-refractivity contribution in [1.29, 1.82) is 0 Å². The minimum Gasteiger partial charge on any atom is -0.478 e. The molecular weight excluding hydrogens is 506 g/mol. The summed E-state index contributed by atoms with van der Waals surface area (Å²) >= 11 is 0. The molecule has 0 saturated carbocycles. The predicted molar refractivity (Wildman–Crippen MR) is 144 cm³/mol. The van der Waals surface area contributed by atoms with Crippen LogP contribution in [-0.2, 0) is 21.2 Å². The number of aromatic carboxylic acids is 1. The first-order valence-corrected chi connectivity index (χ1v) is 13.9. The quantitative estimate of drug-likeness (QED) is 0.207. The van der Waals surface area contributed by atoms with Gasteiger partial charge in [-0.3, -0.25) is 4.79 Å². The van der Waals surface area contributed by atoms with Crippen LogP contribution in [0.25, 0.3) is 11.1 Å². The summed E-state index contributed by atoms with van der Waals surface area (Å²) in [5.41, 5.74) is 4.46. The van der Waals surface area contributed by atoms with Crippen LogP contribution in [-0.4, -0.2) is 50.1 Å². The maximum absolute atomic E-state index is 12.1. The lowest BCUT2D eigenvalue weighted by Crippen LogP contribution is -2.84. The molecule has 0 saturated heterocycles. The van der Waals surface area contributed by atoms with Crippen molar-refractivity contribution in [3.8, 4) is 11.1 Å². The van der Waals surface area contributed by atoms with Gasteiger partial charge < -0.3 is 20.8 Å². The van der Waals surface area contributed by atoms with Crippen LogP contribution in [0, 0.1) is 6.92 Å². The van der Waals surface area contributed by atoms with Crippen LogP contribution in [0.4, 0.5) is 0 Å². The van der Waals surface area contributed by atoms with Crippen molar-refractivity contribution >= 4 is 21.9 Å². The zero-order valence-electron chi connectivity index (χ0n) is 21.3. The molecule has 0 bridgehead atoms. The molecule has 3 rings (SSSR count). The number of primary sulfonamides is 1. The van der Waals surface area contributed by atoms with Crippen molar-refractivity contribution in [2.24, 2.45) is 5.14 Å². The second-order valence-electron chi connectivity index (χ2n) is 9.17. The highest BCUT2D eigenvalue weighted by Gasteiger charge is 2.13. The lowest BCUT2D eigenvalue weighted by molar-refractivity contribution is -0.654. The molecule has 0 spiro atoms. The molecule has 1 atom stereocenters. The number of hydrogen-bond acceptors (Lipinski definition) is 5. The van der Waals surface area contributed by atoms with Gasteiger partial charge in [0, 0.05) is 13.0 Å². The number of hydrogen-bond donors (Lipinski definition) is 5. The van der Waals surface area contributed by atoms with E-state index in [-0.39, 0.29) is 16.4 Å². The molecule has 0 radical (unpaired) electrons. The Labute approximate surface area is 222 Å². The topological polar surface area (TPSA) is 163 Å². The van der Waals surface area contributed by atoms with E-state index in [1.165, 1.54) is 12.1 Å². The van der Waals surface area contributed by atoms with Crippen molar-refractivity contribution in [3.63, 3.8) is 0 Å². The number of aliphatic hydroxyl groups excluding tert-OH is 1. The zero-order chi connectivity index (χ0) is 27.7. The fraction of sp³-hybridized carbons (Fsp3) is 0.286. The van der Waals surface area contributed by atoms with Crippen molar-refractivity contribution in [2.45, 2.75) is 37.2 Å². The number of amides is 1. The maximum Gasteiger partial charge on any atom is 0.335 e. The molecule has 0 aromatic heterocycles. The Balaban J connectivity index is 1.39. The minimum absolute atomic E-state index is 0.0551. The number of sulfonamides is 1. The summed E-state index contributed by atoms with van der Waals surface area (Å²) in [7, 11) is -3.77. The van der Waals surface area contributed by atoms with Gasteiger partial charge in [-0.25, -0.2) is 18.4 Å². The number of carboxylic acids is 1. The largest absolute Gasteiger partial charge is 0.478 e. The lowest BCUT2D eigenvalue weighted by atomic mass is 9.96. The number of rotatable bonds is 13. The van der Waals surface area contributed by atoms with Gasteiger partial charge in [0.2, 0.25) is 15.9 Å². The number of aliphatic hydroxyl groups is 1. The maximum atomic E-state index is 12.1. The monoisotopic (exact) mass is 540 g/mol. The molecule has 10 heteroatoms. The predicted octanol–water partition coefficient (Wildman–Crippen LogP) is 1.74. The Kier molecular flexibility index (Phi) is 10.1. The molecule has 0 aliphatic rings. The average Bonchev–Trinajstić information content (AvgIpc) is 2.88. The molecule has 9 nitrogen and oxygen atoms in total. The number of nitrogens with two attached hydrogens (primary N) is 2. The first kappa shape index (κ1) is 29.0. The van der Waals surface area contributed by atoms with Crippen molar-refractivity contribution in [1.82, 2.24) is 5.32 Å². The Bertz CT molecular complexity index is 1370. The van der Waals surface area contributed by atoms with E-state index in [2.05, 4.69) is 5.32 Å². The third kappa shape index (κ3) is 8.49. The summed E-state index contributed by atoms with van der Waals surface area (Å²) in [5.74, 6) is -1.02. The average molecular weight is 541 g/mol. The normalized spacial score (nSPS) is 12.2. The molecule has 0 fully saturated rings. The van der Waals surface area contributed by atoms with Crippen LogP contribution in [0.3, 0.4) is 0 Å². The van der Waals surface area contributed by atoms with Gasteiger partial charge in [-0.2, -0.15) is 0 Å². The molecule has 1 amide bonds. The third-order valence-electron chi connectivity index (χ3n) is 6.27. The van der Waals surface area contributed by atoms with E-state index in [0.717, 1.165) is 27.8 Å². The summed E-state index contributed by atoms with van der Waals surface area (Å²) < 4.78 is 23.2. The van der Waals surface area contributed by atoms with E-state index < -0.39 is 22.1 Å². The van der Waals surface area contributed by atoms with Gasteiger partial charge in [-0.15, -0.1) is 0 Å². The van der Waals surface area contributed by atoms with Crippen molar-refractivity contribution in [2.75, 3.05) is 19.6 Å². The number of benzene rings is 3. The molecule has 3 aromatic rings. The highest BCUT2D eigenvalue weighted by molar-refractivity contribution is 7.89. The van der Waals surface area contributed by atoms with Gasteiger partial charge in [0.15, 0.2) is 0 Å². The lowest BCUT2D eigenvalue weighted by Gasteiger charge is -2.13. The summed E-state index contributed by atoms with van der Waals surface area (Å²) in [6.45, 7) is 3.54. The van der Waals surface area contributed by atoms with Crippen LogP contribution in [0.2, 0.25) is 0 Å². The highest BCUT2D eigenvalue weighted by atomic mass is 32.2. The Hall–Kier alpha value is -3.57. The molecule has 0 heterocycles. The van der Waals surface area contributed by atoms with E-state index in [0.29, 0.717) is 38.9 Å². The van der Waals surface area contributed by atoms with Crippen molar-refractivity contribution < 1.29 is 33.5 Å². The van der Waals surface area contributed by atoms with Gasteiger partial charge in [-0.1, -0.05) is 36.4 Å². The van der Waals surface area contributed by atoms with Gasteiger partial charge in [0.25, 0.3) is 0 Å². The zero-order valence-corrected chi connectivity index (χ0v) is 22.1.